The van der Waals surface area contributed by atoms with Gasteiger partial charge >= 0.3 is 0 Å². The van der Waals surface area contributed by atoms with Crippen LogP contribution in [-0.2, 0) is 16.2 Å². The van der Waals surface area contributed by atoms with Crippen LogP contribution in [0.1, 0.15) is 79.0 Å². The third-order valence-corrected chi connectivity index (χ3v) is 27.0. The average molecular weight is 1630 g/mol. The maximum atomic E-state index is 2.49. The van der Waals surface area contributed by atoms with Crippen LogP contribution in [0.15, 0.2) is 425 Å². The zero-order valence-electron chi connectivity index (χ0n) is 73.4. The summed E-state index contributed by atoms with van der Waals surface area (Å²) in [6, 6.07) is 156. The SMILES string of the molecule is CC(C)(C)c1ccc2c(c1)-c1cc(C(C)(C)C)cc3c1B2c1ccc(C(C)(C)C)cc1-3.c1ccc(-c2ccc3c(c2)-c2cc(N(c4ccccc4)c4ccccc4)cc4c2B3c2ccc(N(c3ccccc3)c3ccccc3)cc2-4)cc1.c1ccc(N(c2ccccc2)c2ccc3c(c2)-c2cccc4c2B3c2ccc(N(c3ccccc3)c3ccccc3)cc2-4)cc1. The fourth-order valence-corrected chi connectivity index (χ4v) is 20.9. The minimum absolute atomic E-state index is 0.121. The van der Waals surface area contributed by atoms with Crippen LogP contribution in [-0.4, -0.2) is 20.1 Å². The lowest BCUT2D eigenvalue weighted by atomic mass is 9.41. The lowest BCUT2D eigenvalue weighted by Crippen LogP contribution is -2.45. The summed E-state index contributed by atoms with van der Waals surface area (Å²) in [5, 5.41) is 0. The molecule has 0 bridgehead atoms. The third kappa shape index (κ3) is 13.7. The van der Waals surface area contributed by atoms with Crippen molar-refractivity contribution in [3.8, 4) is 77.9 Å². The lowest BCUT2D eigenvalue weighted by Gasteiger charge is -2.27. The summed E-state index contributed by atoms with van der Waals surface area (Å²) in [4.78, 5) is 9.47. The van der Waals surface area contributed by atoms with Gasteiger partial charge in [0.25, 0.3) is 0 Å². The molecule has 18 aromatic rings. The molecule has 4 nitrogen and oxygen atoms in total. The number of fused-ring (bicyclic) bond motifs is 18. The minimum atomic E-state index is 0.121. The standard InChI is InChI=1S/C48H33BN2.C42H29BN2.C30H35B/c1-6-16-34(17-7-1)35-26-28-46-42(30-35)44-32-41(51(38-22-12-4-13-23-38)39-24-14-5-15-25-39)33-45-43-31-40(27-29-47(43)49(46)48(44)45)50(36-18-8-2-9-19-36)37-20-10-3-11-21-37;1-5-14-30(15-6-1)44(31-16-7-2-8-17-31)34-24-26-40-38(28-34)36-22-13-23-37-39-29-35(25-27-41(39)43(40)42(36)37)45(32-18-9-3-10-19-32)33-20-11-4-12-21-33;1-28(2,3)18-10-12-25-21(14-18)23-16-20(30(7,8)9)17-24-22-15-19(29(4,5)6)11-13-26(22)31(25)27(23)24/h1-33H;1-29H;10-17H,1-9H3. The molecule has 127 heavy (non-hydrogen) atoms. The molecule has 606 valence electrons. The number of rotatable bonds is 13. The van der Waals surface area contributed by atoms with Crippen LogP contribution in [0.5, 0.6) is 0 Å². The van der Waals surface area contributed by atoms with E-state index in [1.54, 1.807) is 0 Å². The summed E-state index contributed by atoms with van der Waals surface area (Å²) in [5.41, 5.74) is 50.3. The predicted octanol–water partition coefficient (Wildman–Crippen LogP) is 25.9. The highest BCUT2D eigenvalue weighted by Crippen LogP contribution is 2.49. The number of anilines is 12. The topological polar surface area (TPSA) is 13.0 Å². The van der Waals surface area contributed by atoms with E-state index >= 15 is 0 Å². The van der Waals surface area contributed by atoms with E-state index in [4.69, 9.17) is 0 Å². The van der Waals surface area contributed by atoms with Gasteiger partial charge in [0, 0.05) is 68.2 Å². The number of nitrogens with zero attached hydrogens (tertiary/aromatic N) is 4. The first-order valence-electron chi connectivity index (χ1n) is 45.0. The Bertz CT molecular complexity index is 6850. The number of para-hydroxylation sites is 8. The molecule has 24 rings (SSSR count). The lowest BCUT2D eigenvalue weighted by molar-refractivity contribution is 0.589. The Morgan fingerprint density at radius 1 is 0.150 bits per heavy atom. The molecule has 0 radical (unpaired) electrons. The van der Waals surface area contributed by atoms with Gasteiger partial charge in [-0.3, -0.25) is 0 Å². The van der Waals surface area contributed by atoms with Gasteiger partial charge in [0.2, 0.25) is 20.1 Å². The quantitative estimate of drug-likeness (QED) is 0.107. The van der Waals surface area contributed by atoms with Crippen molar-refractivity contribution >= 4 is 138 Å². The van der Waals surface area contributed by atoms with Crippen molar-refractivity contribution in [1.29, 1.82) is 0 Å². The fourth-order valence-electron chi connectivity index (χ4n) is 20.9. The molecule has 18 aromatic carbocycles. The zero-order valence-corrected chi connectivity index (χ0v) is 73.4. The average Bonchev–Trinajstić information content (AvgIpc) is 1.55. The van der Waals surface area contributed by atoms with Gasteiger partial charge in [-0.05, 0) is 262 Å². The van der Waals surface area contributed by atoms with E-state index in [0.29, 0.717) is 6.71 Å². The largest absolute Gasteiger partial charge is 0.310 e. The van der Waals surface area contributed by atoms with E-state index in [9.17, 15) is 0 Å². The van der Waals surface area contributed by atoms with Gasteiger partial charge in [0.15, 0.2) is 0 Å². The van der Waals surface area contributed by atoms with Crippen molar-refractivity contribution in [3.63, 3.8) is 0 Å². The maximum absolute atomic E-state index is 2.49. The monoisotopic (exact) mass is 1630 g/mol. The van der Waals surface area contributed by atoms with Gasteiger partial charge < -0.3 is 19.6 Å². The highest BCUT2D eigenvalue weighted by Gasteiger charge is 2.47. The second-order valence-electron chi connectivity index (χ2n) is 37.9. The predicted molar refractivity (Wildman–Crippen MR) is 546 cm³/mol. The summed E-state index contributed by atoms with van der Waals surface area (Å²) in [5.74, 6) is 0. The minimum Gasteiger partial charge on any atom is -0.310 e. The first-order valence-corrected chi connectivity index (χ1v) is 45.0. The van der Waals surface area contributed by atoms with Crippen molar-refractivity contribution in [3.05, 3.63) is 441 Å². The molecule has 0 N–H and O–H groups in total. The van der Waals surface area contributed by atoms with Crippen molar-refractivity contribution in [2.75, 3.05) is 19.6 Å². The Kier molecular flexibility index (Phi) is 19.3. The van der Waals surface area contributed by atoms with Crippen molar-refractivity contribution in [2.24, 2.45) is 0 Å². The molecule has 0 aromatic heterocycles. The van der Waals surface area contributed by atoms with Crippen LogP contribution in [0.4, 0.5) is 68.2 Å². The smallest absolute Gasteiger partial charge is 0.244 e. The highest BCUT2D eigenvalue weighted by atomic mass is 15.2. The summed E-state index contributed by atoms with van der Waals surface area (Å²) < 4.78 is 0. The molecule has 0 aliphatic carbocycles. The Morgan fingerprint density at radius 2 is 0.370 bits per heavy atom. The van der Waals surface area contributed by atoms with E-state index in [2.05, 4.69) is 507 Å². The molecule has 0 spiro atoms. The summed E-state index contributed by atoms with van der Waals surface area (Å²) in [6.07, 6.45) is 0. The maximum Gasteiger partial charge on any atom is 0.244 e. The van der Waals surface area contributed by atoms with Crippen LogP contribution >= 0.6 is 0 Å². The first-order chi connectivity index (χ1) is 61.9. The van der Waals surface area contributed by atoms with Crippen molar-refractivity contribution < 1.29 is 0 Å². The van der Waals surface area contributed by atoms with Gasteiger partial charge in [0.05, 0.1) is 0 Å². The van der Waals surface area contributed by atoms with Crippen LogP contribution in [0.3, 0.4) is 0 Å². The molecule has 0 unspecified atom stereocenters. The van der Waals surface area contributed by atoms with E-state index in [1.165, 1.54) is 155 Å². The summed E-state index contributed by atoms with van der Waals surface area (Å²) >= 11 is 0. The normalized spacial score (nSPS) is 12.6. The second kappa shape index (κ2) is 31.2. The van der Waals surface area contributed by atoms with Crippen molar-refractivity contribution in [2.45, 2.75) is 78.6 Å². The molecule has 6 aliphatic heterocycles. The molecule has 0 fully saturated rings. The Balaban J connectivity index is 0.000000116. The molecule has 0 amide bonds. The Morgan fingerprint density at radius 3 is 0.669 bits per heavy atom. The van der Waals surface area contributed by atoms with Gasteiger partial charge in [0.1, 0.15) is 0 Å². The molecular formula is C120H97B3N4. The summed E-state index contributed by atoms with van der Waals surface area (Å²) in [6.45, 7) is 21.7. The van der Waals surface area contributed by atoms with Gasteiger partial charge in [-0.1, -0.05) is 384 Å². The molecule has 6 aliphatic rings. The molecule has 6 heterocycles. The molecule has 7 heteroatoms. The number of hydrogen-bond acceptors (Lipinski definition) is 4. The van der Waals surface area contributed by atoms with E-state index in [1.807, 2.05) is 0 Å². The van der Waals surface area contributed by atoms with E-state index < -0.39 is 0 Å². The van der Waals surface area contributed by atoms with Gasteiger partial charge in [-0.15, -0.1) is 0 Å². The zero-order chi connectivity index (χ0) is 86.0. The summed E-state index contributed by atoms with van der Waals surface area (Å²) in [7, 11) is 0. The third-order valence-electron chi connectivity index (χ3n) is 27.0. The molecular weight excluding hydrogens is 1530 g/mol. The highest BCUT2D eigenvalue weighted by molar-refractivity contribution is 7.04. The van der Waals surface area contributed by atoms with Gasteiger partial charge in [-0.25, -0.2) is 0 Å². The first kappa shape index (κ1) is 78.3. The van der Waals surface area contributed by atoms with Gasteiger partial charge in [-0.2, -0.15) is 0 Å². The van der Waals surface area contributed by atoms with Crippen LogP contribution in [0, 0.1) is 0 Å². The number of hydrogen-bond donors (Lipinski definition) is 0. The van der Waals surface area contributed by atoms with E-state index in [0.717, 1.165) is 56.9 Å². The fraction of sp³-hybridized carbons (Fsp3) is 0.100. The van der Waals surface area contributed by atoms with Crippen LogP contribution in [0.25, 0.3) is 77.9 Å². The van der Waals surface area contributed by atoms with Crippen LogP contribution in [0.2, 0.25) is 0 Å². The van der Waals surface area contributed by atoms with Crippen molar-refractivity contribution in [1.82, 2.24) is 0 Å². The molecule has 0 saturated heterocycles. The second-order valence-corrected chi connectivity index (χ2v) is 37.9. The van der Waals surface area contributed by atoms with Crippen LogP contribution < -0.4 is 68.8 Å². The molecule has 0 atom stereocenters. The van der Waals surface area contributed by atoms with E-state index in [-0.39, 0.29) is 29.7 Å². The molecule has 0 saturated carbocycles. The Hall–Kier alpha value is -14.6. The number of benzene rings is 18. The Labute approximate surface area is 749 Å².